The largest absolute Gasteiger partial charge is 0.315 e. The standard InChI is InChI=1S/C12H16N2O2/c1-14-11-8-9(6-7-16-13)2-3-10(11)4-5-12(14)15/h2-3,8H,4-7,13H2,1H3. The molecule has 0 radical (unpaired) electrons. The molecule has 0 fully saturated rings. The number of hydrogen-bond acceptors (Lipinski definition) is 3. The lowest BCUT2D eigenvalue weighted by Crippen LogP contribution is -2.31. The third-order valence-corrected chi connectivity index (χ3v) is 3.00. The monoisotopic (exact) mass is 220 g/mol. The van der Waals surface area contributed by atoms with Gasteiger partial charge in [-0.05, 0) is 30.0 Å². The fourth-order valence-electron chi connectivity index (χ4n) is 2.01. The molecule has 1 aliphatic heterocycles. The van der Waals surface area contributed by atoms with Crippen LogP contribution >= 0.6 is 0 Å². The average molecular weight is 220 g/mol. The molecule has 2 N–H and O–H groups in total. The summed E-state index contributed by atoms with van der Waals surface area (Å²) in [4.78, 5) is 17.8. The summed E-state index contributed by atoms with van der Waals surface area (Å²) in [5.41, 5.74) is 3.40. The van der Waals surface area contributed by atoms with Crippen LogP contribution in [-0.2, 0) is 22.5 Å². The summed E-state index contributed by atoms with van der Waals surface area (Å²) in [7, 11) is 1.82. The van der Waals surface area contributed by atoms with E-state index >= 15 is 0 Å². The maximum absolute atomic E-state index is 11.6. The first-order valence-electron chi connectivity index (χ1n) is 5.42. The molecule has 0 bridgehead atoms. The SMILES string of the molecule is CN1C(=O)CCc2ccc(CCON)cc21. The van der Waals surface area contributed by atoms with Crippen LogP contribution in [0, 0.1) is 0 Å². The van der Waals surface area contributed by atoms with Crippen molar-refractivity contribution in [3.05, 3.63) is 29.3 Å². The topological polar surface area (TPSA) is 55.6 Å². The molecule has 86 valence electrons. The van der Waals surface area contributed by atoms with Crippen LogP contribution in [0.4, 0.5) is 5.69 Å². The molecule has 4 nitrogen and oxygen atoms in total. The molecule has 4 heteroatoms. The maximum atomic E-state index is 11.6. The summed E-state index contributed by atoms with van der Waals surface area (Å²) >= 11 is 0. The van der Waals surface area contributed by atoms with Crippen molar-refractivity contribution in [3.8, 4) is 0 Å². The Bertz CT molecular complexity index is 404. The van der Waals surface area contributed by atoms with Gasteiger partial charge in [-0.15, -0.1) is 0 Å². The number of aryl methyl sites for hydroxylation is 1. The van der Waals surface area contributed by atoms with E-state index in [1.54, 1.807) is 4.90 Å². The van der Waals surface area contributed by atoms with Crippen LogP contribution < -0.4 is 10.8 Å². The number of benzene rings is 1. The number of carbonyl (C=O) groups excluding carboxylic acids is 1. The third-order valence-electron chi connectivity index (χ3n) is 3.00. The van der Waals surface area contributed by atoms with Gasteiger partial charge in [0, 0.05) is 19.2 Å². The van der Waals surface area contributed by atoms with Crippen molar-refractivity contribution in [2.45, 2.75) is 19.3 Å². The first-order valence-corrected chi connectivity index (χ1v) is 5.42. The lowest BCUT2D eigenvalue weighted by molar-refractivity contribution is -0.118. The zero-order valence-electron chi connectivity index (χ0n) is 9.40. The molecule has 1 amide bonds. The van der Waals surface area contributed by atoms with Crippen LogP contribution in [0.5, 0.6) is 0 Å². The van der Waals surface area contributed by atoms with E-state index in [1.807, 2.05) is 13.1 Å². The van der Waals surface area contributed by atoms with Gasteiger partial charge in [-0.1, -0.05) is 12.1 Å². The van der Waals surface area contributed by atoms with Gasteiger partial charge in [0.05, 0.1) is 6.61 Å². The van der Waals surface area contributed by atoms with Crippen molar-refractivity contribution in [2.24, 2.45) is 5.90 Å². The predicted molar refractivity (Wildman–Crippen MR) is 62.0 cm³/mol. The second-order valence-corrected chi connectivity index (χ2v) is 4.04. The highest BCUT2D eigenvalue weighted by atomic mass is 16.6. The average Bonchev–Trinajstić information content (AvgIpc) is 2.31. The Morgan fingerprint density at radius 1 is 1.44 bits per heavy atom. The van der Waals surface area contributed by atoms with Gasteiger partial charge in [0.15, 0.2) is 0 Å². The molecule has 0 spiro atoms. The van der Waals surface area contributed by atoms with E-state index in [-0.39, 0.29) is 5.91 Å². The minimum atomic E-state index is 0.180. The van der Waals surface area contributed by atoms with Crippen LogP contribution in [0.3, 0.4) is 0 Å². The molecule has 1 aromatic carbocycles. The van der Waals surface area contributed by atoms with Crippen molar-refractivity contribution < 1.29 is 9.63 Å². The summed E-state index contributed by atoms with van der Waals surface area (Å²) in [5, 5.41) is 0. The van der Waals surface area contributed by atoms with Crippen molar-refractivity contribution in [1.29, 1.82) is 0 Å². The van der Waals surface area contributed by atoms with Crippen LogP contribution in [0.2, 0.25) is 0 Å². The second-order valence-electron chi connectivity index (χ2n) is 4.04. The molecule has 1 heterocycles. The zero-order valence-corrected chi connectivity index (χ0v) is 9.40. The Morgan fingerprint density at radius 2 is 2.25 bits per heavy atom. The first kappa shape index (κ1) is 11.1. The normalized spacial score (nSPS) is 15.1. The van der Waals surface area contributed by atoms with E-state index in [1.165, 1.54) is 5.56 Å². The summed E-state index contributed by atoms with van der Waals surface area (Å²) in [6.45, 7) is 0.496. The Morgan fingerprint density at radius 3 is 3.00 bits per heavy atom. The minimum Gasteiger partial charge on any atom is -0.315 e. The van der Waals surface area contributed by atoms with Crippen LogP contribution in [0.1, 0.15) is 17.5 Å². The Hall–Kier alpha value is -1.39. The van der Waals surface area contributed by atoms with Crippen molar-refractivity contribution in [3.63, 3.8) is 0 Å². The highest BCUT2D eigenvalue weighted by Gasteiger charge is 2.20. The van der Waals surface area contributed by atoms with Gasteiger partial charge in [0.2, 0.25) is 5.91 Å². The maximum Gasteiger partial charge on any atom is 0.227 e. The third kappa shape index (κ3) is 2.08. The molecule has 0 aliphatic carbocycles. The molecule has 0 saturated heterocycles. The van der Waals surface area contributed by atoms with Crippen LogP contribution in [0.15, 0.2) is 18.2 Å². The highest BCUT2D eigenvalue weighted by Crippen LogP contribution is 2.27. The molecular weight excluding hydrogens is 204 g/mol. The number of amides is 1. The van der Waals surface area contributed by atoms with Gasteiger partial charge in [0.1, 0.15) is 0 Å². The number of anilines is 1. The van der Waals surface area contributed by atoms with E-state index in [4.69, 9.17) is 5.90 Å². The van der Waals surface area contributed by atoms with E-state index in [2.05, 4.69) is 17.0 Å². The van der Waals surface area contributed by atoms with Crippen molar-refractivity contribution in [1.82, 2.24) is 0 Å². The number of carbonyl (C=O) groups is 1. The molecule has 0 aromatic heterocycles. The van der Waals surface area contributed by atoms with E-state index in [0.717, 1.165) is 24.1 Å². The van der Waals surface area contributed by atoms with Gasteiger partial charge in [0.25, 0.3) is 0 Å². The number of fused-ring (bicyclic) bond motifs is 1. The van der Waals surface area contributed by atoms with Gasteiger partial charge in [-0.3, -0.25) is 4.79 Å². The molecule has 0 atom stereocenters. The Kier molecular flexibility index (Phi) is 3.22. The van der Waals surface area contributed by atoms with E-state index in [0.29, 0.717) is 13.0 Å². The highest BCUT2D eigenvalue weighted by molar-refractivity contribution is 5.95. The van der Waals surface area contributed by atoms with Crippen molar-refractivity contribution in [2.75, 3.05) is 18.6 Å². The number of nitrogens with zero attached hydrogens (tertiary/aromatic N) is 1. The summed E-state index contributed by atoms with van der Waals surface area (Å²) in [5.74, 6) is 5.18. The summed E-state index contributed by atoms with van der Waals surface area (Å²) in [6.07, 6.45) is 2.22. The number of nitrogens with two attached hydrogens (primary N) is 1. The molecule has 0 saturated carbocycles. The molecular formula is C12H16N2O2. The summed E-state index contributed by atoms with van der Waals surface area (Å²) < 4.78 is 0. The number of rotatable bonds is 3. The summed E-state index contributed by atoms with van der Waals surface area (Å²) in [6, 6.07) is 6.21. The minimum absolute atomic E-state index is 0.180. The molecule has 1 aromatic rings. The van der Waals surface area contributed by atoms with Crippen LogP contribution in [0.25, 0.3) is 0 Å². The molecule has 2 rings (SSSR count). The predicted octanol–water partition coefficient (Wildman–Crippen LogP) is 1.03. The molecule has 16 heavy (non-hydrogen) atoms. The zero-order chi connectivity index (χ0) is 11.5. The van der Waals surface area contributed by atoms with Gasteiger partial charge in [-0.25, -0.2) is 5.90 Å². The smallest absolute Gasteiger partial charge is 0.227 e. The quantitative estimate of drug-likeness (QED) is 0.774. The Labute approximate surface area is 94.9 Å². The number of hydrogen-bond donors (Lipinski definition) is 1. The molecule has 0 unspecified atom stereocenters. The van der Waals surface area contributed by atoms with E-state index < -0.39 is 0 Å². The Balaban J connectivity index is 2.25. The second kappa shape index (κ2) is 4.63. The molecule has 1 aliphatic rings. The first-order chi connectivity index (χ1) is 7.72. The van der Waals surface area contributed by atoms with Crippen LogP contribution in [-0.4, -0.2) is 19.6 Å². The lowest BCUT2D eigenvalue weighted by atomic mass is 9.99. The van der Waals surface area contributed by atoms with Gasteiger partial charge in [-0.2, -0.15) is 0 Å². The van der Waals surface area contributed by atoms with Gasteiger partial charge >= 0.3 is 0 Å². The lowest BCUT2D eigenvalue weighted by Gasteiger charge is -2.26. The van der Waals surface area contributed by atoms with E-state index in [9.17, 15) is 4.79 Å². The fourth-order valence-corrected chi connectivity index (χ4v) is 2.01. The van der Waals surface area contributed by atoms with Crippen molar-refractivity contribution >= 4 is 11.6 Å². The van der Waals surface area contributed by atoms with Gasteiger partial charge < -0.3 is 9.74 Å². The fraction of sp³-hybridized carbons (Fsp3) is 0.417.